The van der Waals surface area contributed by atoms with Crippen molar-refractivity contribution >= 4 is 35.2 Å². The molecule has 1 atom stereocenters. The number of rotatable bonds is 5. The fourth-order valence-electron chi connectivity index (χ4n) is 2.01. The second kappa shape index (κ2) is 8.58. The summed E-state index contributed by atoms with van der Waals surface area (Å²) in [5.74, 6) is -0.263. The topological polar surface area (TPSA) is 58.6 Å². The van der Waals surface area contributed by atoms with Crippen LogP contribution in [0.2, 0.25) is 10.0 Å². The van der Waals surface area contributed by atoms with E-state index in [9.17, 15) is 9.59 Å². The second-order valence-electron chi connectivity index (χ2n) is 6.74. The minimum absolute atomic E-state index is 0.0758. The van der Waals surface area contributed by atoms with E-state index in [-0.39, 0.29) is 18.5 Å². The minimum Gasteiger partial charge on any atom is -0.444 e. The Morgan fingerprint density at radius 1 is 1.29 bits per heavy atom. The number of hydrogen-bond acceptors (Lipinski definition) is 3. The molecule has 0 aliphatic carbocycles. The van der Waals surface area contributed by atoms with Crippen LogP contribution in [0, 0.1) is 0 Å². The van der Waals surface area contributed by atoms with Crippen molar-refractivity contribution in [2.75, 3.05) is 13.6 Å². The molecule has 7 heteroatoms. The van der Waals surface area contributed by atoms with Gasteiger partial charge in [0.15, 0.2) is 0 Å². The summed E-state index contributed by atoms with van der Waals surface area (Å²) in [7, 11) is 1.52. The van der Waals surface area contributed by atoms with Crippen molar-refractivity contribution < 1.29 is 14.3 Å². The SMILES string of the molecule is CC(Cc1ccc(Cl)cc1Cl)NC(=O)CN(C)C(=O)OC(C)(C)C. The van der Waals surface area contributed by atoms with E-state index in [1.807, 2.05) is 13.0 Å². The van der Waals surface area contributed by atoms with Gasteiger partial charge in [0, 0.05) is 23.1 Å². The molecule has 0 fully saturated rings. The molecule has 0 saturated carbocycles. The van der Waals surface area contributed by atoms with E-state index in [4.69, 9.17) is 27.9 Å². The van der Waals surface area contributed by atoms with Gasteiger partial charge in [-0.2, -0.15) is 0 Å². The highest BCUT2D eigenvalue weighted by molar-refractivity contribution is 6.35. The quantitative estimate of drug-likeness (QED) is 0.849. The molecule has 0 aromatic heterocycles. The van der Waals surface area contributed by atoms with Crippen molar-refractivity contribution in [3.8, 4) is 0 Å². The third-order valence-corrected chi connectivity index (χ3v) is 3.62. The third-order valence-electron chi connectivity index (χ3n) is 3.03. The van der Waals surface area contributed by atoms with Crippen LogP contribution in [0.4, 0.5) is 4.79 Å². The molecule has 1 aromatic rings. The number of nitrogens with zero attached hydrogens (tertiary/aromatic N) is 1. The molecule has 134 valence electrons. The number of ether oxygens (including phenoxy) is 1. The molecule has 1 unspecified atom stereocenters. The molecule has 1 rings (SSSR count). The summed E-state index contributed by atoms with van der Waals surface area (Å²) in [6, 6.07) is 5.13. The molecule has 0 radical (unpaired) electrons. The van der Waals surface area contributed by atoms with Crippen LogP contribution >= 0.6 is 23.2 Å². The monoisotopic (exact) mass is 374 g/mol. The van der Waals surface area contributed by atoms with E-state index >= 15 is 0 Å². The predicted octanol–water partition coefficient (Wildman–Crippen LogP) is 3.91. The van der Waals surface area contributed by atoms with Crippen LogP contribution in [0.3, 0.4) is 0 Å². The summed E-state index contributed by atoms with van der Waals surface area (Å²) >= 11 is 12.0. The fourth-order valence-corrected chi connectivity index (χ4v) is 2.49. The van der Waals surface area contributed by atoms with Gasteiger partial charge in [0.25, 0.3) is 0 Å². The number of benzene rings is 1. The average Bonchev–Trinajstić information content (AvgIpc) is 2.39. The lowest BCUT2D eigenvalue weighted by atomic mass is 10.1. The Morgan fingerprint density at radius 3 is 2.46 bits per heavy atom. The molecule has 24 heavy (non-hydrogen) atoms. The van der Waals surface area contributed by atoms with Gasteiger partial charge in [-0.15, -0.1) is 0 Å². The lowest BCUT2D eigenvalue weighted by molar-refractivity contribution is -0.122. The molecule has 0 spiro atoms. The first-order valence-corrected chi connectivity index (χ1v) is 8.41. The lowest BCUT2D eigenvalue weighted by Crippen LogP contribution is -2.43. The number of halogens is 2. The molecule has 5 nitrogen and oxygen atoms in total. The fraction of sp³-hybridized carbons (Fsp3) is 0.529. The number of carbonyl (C=O) groups excluding carboxylic acids is 2. The number of amides is 2. The van der Waals surface area contributed by atoms with Gasteiger partial charge in [0.2, 0.25) is 5.91 Å². The van der Waals surface area contributed by atoms with Crippen molar-refractivity contribution in [3.63, 3.8) is 0 Å². The van der Waals surface area contributed by atoms with Crippen LogP contribution in [-0.2, 0) is 16.0 Å². The molecular weight excluding hydrogens is 351 g/mol. The van der Waals surface area contributed by atoms with Crippen molar-refractivity contribution in [2.45, 2.75) is 45.8 Å². The highest BCUT2D eigenvalue weighted by Gasteiger charge is 2.21. The summed E-state index contributed by atoms with van der Waals surface area (Å²) in [4.78, 5) is 25.1. The Hall–Kier alpha value is -1.46. The number of nitrogens with one attached hydrogen (secondary N) is 1. The van der Waals surface area contributed by atoms with E-state index in [1.54, 1.807) is 32.9 Å². The largest absolute Gasteiger partial charge is 0.444 e. The Labute approximate surface area is 153 Å². The Morgan fingerprint density at radius 2 is 1.92 bits per heavy atom. The van der Waals surface area contributed by atoms with Gasteiger partial charge in [-0.3, -0.25) is 4.79 Å². The maximum Gasteiger partial charge on any atom is 0.410 e. The van der Waals surface area contributed by atoms with Crippen LogP contribution in [0.15, 0.2) is 18.2 Å². The van der Waals surface area contributed by atoms with Gasteiger partial charge in [-0.25, -0.2) is 4.79 Å². The maximum atomic E-state index is 12.0. The Balaban J connectivity index is 2.50. The molecule has 0 aliphatic heterocycles. The summed E-state index contributed by atoms with van der Waals surface area (Å²) in [5, 5.41) is 3.97. The van der Waals surface area contributed by atoms with Crippen molar-refractivity contribution in [3.05, 3.63) is 33.8 Å². The highest BCUT2D eigenvalue weighted by atomic mass is 35.5. The van der Waals surface area contributed by atoms with E-state index in [2.05, 4.69) is 5.32 Å². The molecule has 0 aliphatic rings. The van der Waals surface area contributed by atoms with Crippen LogP contribution < -0.4 is 5.32 Å². The summed E-state index contributed by atoms with van der Waals surface area (Å²) < 4.78 is 5.20. The first kappa shape index (κ1) is 20.6. The molecule has 2 amide bonds. The van der Waals surface area contributed by atoms with Crippen LogP contribution in [-0.4, -0.2) is 42.1 Å². The third kappa shape index (κ3) is 7.41. The van der Waals surface area contributed by atoms with Gasteiger partial charge < -0.3 is 15.0 Å². The summed E-state index contributed by atoms with van der Waals surface area (Å²) in [6.45, 7) is 7.12. The van der Waals surface area contributed by atoms with Gasteiger partial charge in [0.1, 0.15) is 12.1 Å². The van der Waals surface area contributed by atoms with Gasteiger partial charge in [-0.05, 0) is 51.8 Å². The highest BCUT2D eigenvalue weighted by Crippen LogP contribution is 2.22. The molecule has 1 N–H and O–H groups in total. The van der Waals surface area contributed by atoms with Gasteiger partial charge >= 0.3 is 6.09 Å². The number of hydrogen-bond donors (Lipinski definition) is 1. The van der Waals surface area contributed by atoms with E-state index in [1.165, 1.54) is 11.9 Å². The second-order valence-corrected chi connectivity index (χ2v) is 7.59. The first-order chi connectivity index (χ1) is 11.0. The average molecular weight is 375 g/mol. The van der Waals surface area contributed by atoms with Crippen LogP contribution in [0.25, 0.3) is 0 Å². The Kier molecular flexibility index (Phi) is 7.36. The van der Waals surface area contributed by atoms with E-state index < -0.39 is 11.7 Å². The molecular formula is C17H24Cl2N2O3. The normalized spacial score (nSPS) is 12.5. The summed E-state index contributed by atoms with van der Waals surface area (Å²) in [6.07, 6.45) is 0.0313. The van der Waals surface area contributed by atoms with Crippen LogP contribution in [0.5, 0.6) is 0 Å². The first-order valence-electron chi connectivity index (χ1n) is 7.65. The minimum atomic E-state index is -0.597. The van der Waals surface area contributed by atoms with Crippen LogP contribution in [0.1, 0.15) is 33.3 Å². The molecule has 0 saturated heterocycles. The zero-order chi connectivity index (χ0) is 18.5. The van der Waals surface area contributed by atoms with Gasteiger partial charge in [0.05, 0.1) is 0 Å². The van der Waals surface area contributed by atoms with Crippen molar-refractivity contribution in [2.24, 2.45) is 0 Å². The number of likely N-dealkylation sites (N-methyl/N-ethyl adjacent to an activating group) is 1. The maximum absolute atomic E-state index is 12.0. The molecule has 1 aromatic carbocycles. The van der Waals surface area contributed by atoms with Crippen molar-refractivity contribution in [1.82, 2.24) is 10.2 Å². The predicted molar refractivity (Wildman–Crippen MR) is 96.6 cm³/mol. The zero-order valence-corrected chi connectivity index (χ0v) is 16.2. The zero-order valence-electron chi connectivity index (χ0n) is 14.7. The standard InChI is InChI=1S/C17H24Cl2N2O3/c1-11(8-12-6-7-13(18)9-14(12)19)20-15(22)10-21(5)16(23)24-17(2,3)4/h6-7,9,11H,8,10H2,1-5H3,(H,20,22). The molecule has 0 bridgehead atoms. The summed E-state index contributed by atoms with van der Waals surface area (Å²) in [5.41, 5.74) is 0.301. The lowest BCUT2D eigenvalue weighted by Gasteiger charge is -2.24. The van der Waals surface area contributed by atoms with E-state index in [0.29, 0.717) is 16.5 Å². The smallest absolute Gasteiger partial charge is 0.410 e. The van der Waals surface area contributed by atoms with Crippen molar-refractivity contribution in [1.29, 1.82) is 0 Å². The Bertz CT molecular complexity index is 600. The van der Waals surface area contributed by atoms with E-state index in [0.717, 1.165) is 5.56 Å². The van der Waals surface area contributed by atoms with Gasteiger partial charge in [-0.1, -0.05) is 29.3 Å². The number of carbonyl (C=O) groups is 2. The molecule has 0 heterocycles.